The quantitative estimate of drug-likeness (QED) is 0.678. The first-order chi connectivity index (χ1) is 13.9. The molecule has 0 unspecified atom stereocenters. The Hall–Kier alpha value is -3.03. The maximum atomic E-state index is 13.5. The highest BCUT2D eigenvalue weighted by Crippen LogP contribution is 2.53. The molecular weight excluding hydrogens is 370 g/mol. The summed E-state index contributed by atoms with van der Waals surface area (Å²) < 4.78 is 0. The topological polar surface area (TPSA) is 98.7 Å². The maximum absolute atomic E-state index is 13.5. The fourth-order valence-electron chi connectivity index (χ4n) is 5.08. The Morgan fingerprint density at radius 1 is 1.03 bits per heavy atom. The van der Waals surface area contributed by atoms with Crippen LogP contribution in [0.3, 0.4) is 0 Å². The van der Waals surface area contributed by atoms with Crippen molar-refractivity contribution in [1.82, 2.24) is 10.2 Å². The number of fused-ring (bicyclic) bond motifs is 4. The number of rotatable bonds is 3. The summed E-state index contributed by atoms with van der Waals surface area (Å²) >= 11 is 0. The molecule has 0 bridgehead atoms. The SMILES string of the molecule is C[C@@H](O)[C@H]1N[C@]2(C(=O)Nc3ccccc32)[C@H]2C(=O)N(Cc3ccccc3)C(=O)[C@H]12. The number of nitrogens with one attached hydrogen (secondary N) is 2. The molecule has 2 saturated heterocycles. The van der Waals surface area contributed by atoms with Gasteiger partial charge in [-0.15, -0.1) is 0 Å². The van der Waals surface area contributed by atoms with Crippen LogP contribution in [0.5, 0.6) is 0 Å². The minimum atomic E-state index is -1.36. The van der Waals surface area contributed by atoms with Crippen LogP contribution in [0.15, 0.2) is 54.6 Å². The summed E-state index contributed by atoms with van der Waals surface area (Å²) in [6.45, 7) is 1.72. The lowest BCUT2D eigenvalue weighted by Crippen LogP contribution is -2.54. The number of imide groups is 1. The van der Waals surface area contributed by atoms with Gasteiger partial charge in [-0.05, 0) is 18.6 Å². The number of likely N-dealkylation sites (tertiary alicyclic amines) is 1. The van der Waals surface area contributed by atoms with Crippen molar-refractivity contribution in [2.75, 3.05) is 5.32 Å². The minimum absolute atomic E-state index is 0.150. The predicted octanol–water partition coefficient (Wildman–Crippen LogP) is 0.988. The van der Waals surface area contributed by atoms with Gasteiger partial charge in [0.15, 0.2) is 0 Å². The molecule has 2 fully saturated rings. The van der Waals surface area contributed by atoms with E-state index >= 15 is 0 Å². The van der Waals surface area contributed by atoms with Crippen LogP contribution in [-0.2, 0) is 26.5 Å². The van der Waals surface area contributed by atoms with E-state index in [2.05, 4.69) is 10.6 Å². The molecule has 7 nitrogen and oxygen atoms in total. The van der Waals surface area contributed by atoms with E-state index in [4.69, 9.17) is 0 Å². The van der Waals surface area contributed by atoms with Gasteiger partial charge in [0.2, 0.25) is 17.7 Å². The largest absolute Gasteiger partial charge is 0.392 e. The molecule has 0 radical (unpaired) electrons. The molecule has 3 aliphatic heterocycles. The van der Waals surface area contributed by atoms with Crippen LogP contribution in [0.4, 0.5) is 5.69 Å². The van der Waals surface area contributed by atoms with E-state index < -0.39 is 29.5 Å². The third-order valence-electron chi connectivity index (χ3n) is 6.35. The summed E-state index contributed by atoms with van der Waals surface area (Å²) in [5.41, 5.74) is 0.741. The lowest BCUT2D eigenvalue weighted by molar-refractivity contribution is -0.143. The third kappa shape index (κ3) is 2.34. The summed E-state index contributed by atoms with van der Waals surface area (Å²) in [5, 5.41) is 16.4. The second kappa shape index (κ2) is 6.23. The Labute approximate surface area is 167 Å². The number of aliphatic hydroxyl groups excluding tert-OH is 1. The van der Waals surface area contributed by atoms with Gasteiger partial charge in [-0.1, -0.05) is 48.5 Å². The molecule has 2 aromatic rings. The number of anilines is 1. The summed E-state index contributed by atoms with van der Waals surface area (Å²) in [5.74, 6) is -2.80. The molecule has 3 amide bonds. The van der Waals surface area contributed by atoms with E-state index in [0.717, 1.165) is 5.56 Å². The number of benzene rings is 2. The normalized spacial score (nSPS) is 31.2. The van der Waals surface area contributed by atoms with Crippen molar-refractivity contribution in [3.63, 3.8) is 0 Å². The number of para-hydroxylation sites is 1. The van der Waals surface area contributed by atoms with Gasteiger partial charge >= 0.3 is 0 Å². The Morgan fingerprint density at radius 2 is 1.72 bits per heavy atom. The van der Waals surface area contributed by atoms with Crippen molar-refractivity contribution >= 4 is 23.4 Å². The molecule has 2 aromatic carbocycles. The smallest absolute Gasteiger partial charge is 0.250 e. The van der Waals surface area contributed by atoms with Crippen LogP contribution < -0.4 is 10.6 Å². The summed E-state index contributed by atoms with van der Waals surface area (Å²) in [6, 6.07) is 15.8. The predicted molar refractivity (Wildman–Crippen MR) is 104 cm³/mol. The number of carbonyl (C=O) groups is 3. The van der Waals surface area contributed by atoms with Crippen LogP contribution in [-0.4, -0.2) is 39.9 Å². The molecule has 1 spiro atoms. The van der Waals surface area contributed by atoms with Gasteiger partial charge in [-0.2, -0.15) is 0 Å². The van der Waals surface area contributed by atoms with E-state index in [9.17, 15) is 19.5 Å². The van der Waals surface area contributed by atoms with Crippen LogP contribution in [0.2, 0.25) is 0 Å². The van der Waals surface area contributed by atoms with Crippen molar-refractivity contribution in [2.45, 2.75) is 31.2 Å². The van der Waals surface area contributed by atoms with Crippen molar-refractivity contribution < 1.29 is 19.5 Å². The lowest BCUT2D eigenvalue weighted by Gasteiger charge is -2.30. The molecule has 5 rings (SSSR count). The Balaban J connectivity index is 1.62. The molecule has 3 N–H and O–H groups in total. The average molecular weight is 391 g/mol. The fourth-order valence-corrected chi connectivity index (χ4v) is 5.08. The van der Waals surface area contributed by atoms with Crippen LogP contribution in [0.25, 0.3) is 0 Å². The highest BCUT2D eigenvalue weighted by molar-refractivity contribution is 6.15. The summed E-state index contributed by atoms with van der Waals surface area (Å²) in [6.07, 6.45) is -0.907. The maximum Gasteiger partial charge on any atom is 0.250 e. The Morgan fingerprint density at radius 3 is 2.45 bits per heavy atom. The first-order valence-corrected chi connectivity index (χ1v) is 9.71. The van der Waals surface area contributed by atoms with Gasteiger partial charge in [0.25, 0.3) is 0 Å². The minimum Gasteiger partial charge on any atom is -0.392 e. The molecule has 0 aromatic heterocycles. The van der Waals surface area contributed by atoms with E-state index in [1.54, 1.807) is 31.2 Å². The number of aliphatic hydroxyl groups is 1. The van der Waals surface area contributed by atoms with Crippen molar-refractivity contribution in [3.05, 3.63) is 65.7 Å². The number of carbonyl (C=O) groups excluding carboxylic acids is 3. The zero-order valence-corrected chi connectivity index (χ0v) is 15.8. The van der Waals surface area contributed by atoms with E-state index in [-0.39, 0.29) is 24.3 Å². The first kappa shape index (κ1) is 18.0. The number of nitrogens with zero attached hydrogens (tertiary/aromatic N) is 1. The highest BCUT2D eigenvalue weighted by atomic mass is 16.3. The standard InChI is InChI=1S/C22H21N3O4/c1-12(26)18-16-17(20(28)25(19(16)27)11-13-7-3-2-4-8-13)22(24-18)14-9-5-6-10-15(14)23-21(22)29/h2-10,12,16-18,24,26H,11H2,1H3,(H,23,29)/t12-,16+,17-,18-,22+/m1/s1. The van der Waals surface area contributed by atoms with Crippen molar-refractivity contribution in [3.8, 4) is 0 Å². The highest BCUT2D eigenvalue weighted by Gasteiger charge is 2.70. The van der Waals surface area contributed by atoms with Crippen LogP contribution >= 0.6 is 0 Å². The molecule has 3 heterocycles. The van der Waals surface area contributed by atoms with Crippen LogP contribution in [0, 0.1) is 11.8 Å². The van der Waals surface area contributed by atoms with Crippen molar-refractivity contribution in [2.24, 2.45) is 11.8 Å². The molecule has 7 heteroatoms. The van der Waals surface area contributed by atoms with Gasteiger partial charge in [0, 0.05) is 17.3 Å². The van der Waals surface area contributed by atoms with Gasteiger partial charge in [0.1, 0.15) is 5.54 Å². The molecule has 3 aliphatic rings. The number of amides is 3. The fraction of sp³-hybridized carbons (Fsp3) is 0.318. The molecule has 29 heavy (non-hydrogen) atoms. The summed E-state index contributed by atoms with van der Waals surface area (Å²) in [4.78, 5) is 41.2. The summed E-state index contributed by atoms with van der Waals surface area (Å²) in [7, 11) is 0. The van der Waals surface area contributed by atoms with Gasteiger partial charge < -0.3 is 10.4 Å². The second-order valence-corrected chi connectivity index (χ2v) is 7.97. The molecule has 148 valence electrons. The van der Waals surface area contributed by atoms with Gasteiger partial charge in [-0.3, -0.25) is 24.6 Å². The molecule has 0 aliphatic carbocycles. The number of hydrogen-bond acceptors (Lipinski definition) is 5. The zero-order valence-electron chi connectivity index (χ0n) is 15.8. The van der Waals surface area contributed by atoms with Gasteiger partial charge in [0.05, 0.1) is 24.5 Å². The lowest BCUT2D eigenvalue weighted by atomic mass is 9.76. The number of hydrogen-bond donors (Lipinski definition) is 3. The third-order valence-corrected chi connectivity index (χ3v) is 6.35. The molecular formula is C22H21N3O4. The Kier molecular flexibility index (Phi) is 3.88. The monoisotopic (exact) mass is 391 g/mol. The molecule has 5 atom stereocenters. The molecule has 0 saturated carbocycles. The first-order valence-electron chi connectivity index (χ1n) is 9.71. The van der Waals surface area contributed by atoms with E-state index in [1.165, 1.54) is 4.90 Å². The zero-order chi connectivity index (χ0) is 20.3. The van der Waals surface area contributed by atoms with Gasteiger partial charge in [-0.25, -0.2) is 0 Å². The van der Waals surface area contributed by atoms with Crippen LogP contribution in [0.1, 0.15) is 18.1 Å². The van der Waals surface area contributed by atoms with E-state index in [0.29, 0.717) is 11.3 Å². The Bertz CT molecular complexity index is 1020. The second-order valence-electron chi connectivity index (χ2n) is 7.97. The average Bonchev–Trinajstić information content (AvgIpc) is 3.30. The van der Waals surface area contributed by atoms with Crippen molar-refractivity contribution in [1.29, 1.82) is 0 Å². The van der Waals surface area contributed by atoms with E-state index in [1.807, 2.05) is 30.3 Å².